The van der Waals surface area contributed by atoms with Crippen molar-refractivity contribution in [3.63, 3.8) is 0 Å². The van der Waals surface area contributed by atoms with Gasteiger partial charge in [0.2, 0.25) is 5.95 Å². The number of anilines is 3. The van der Waals surface area contributed by atoms with Crippen molar-refractivity contribution in [1.29, 1.82) is 0 Å². The Hall–Kier alpha value is -3.87. The summed E-state index contributed by atoms with van der Waals surface area (Å²) in [5.74, 6) is -0.977. The van der Waals surface area contributed by atoms with Crippen molar-refractivity contribution in [2.24, 2.45) is 0 Å². The first-order valence-electron chi connectivity index (χ1n) is 8.97. The normalized spacial score (nSPS) is 10.6. The molecule has 0 radical (unpaired) electrons. The van der Waals surface area contributed by atoms with Gasteiger partial charge in [0.25, 0.3) is 0 Å². The highest BCUT2D eigenvalue weighted by molar-refractivity contribution is 5.66. The van der Waals surface area contributed by atoms with E-state index in [0.29, 0.717) is 23.7 Å². The number of rotatable bonds is 6. The second-order valence-corrected chi connectivity index (χ2v) is 6.29. The highest BCUT2D eigenvalue weighted by Gasteiger charge is 2.09. The summed E-state index contributed by atoms with van der Waals surface area (Å²) in [6, 6.07) is 18.9. The molecular formula is C22H17F2N5. The fourth-order valence-electron chi connectivity index (χ4n) is 2.75. The minimum absolute atomic E-state index is 0.273. The zero-order valence-corrected chi connectivity index (χ0v) is 15.3. The van der Waals surface area contributed by atoms with Crippen molar-refractivity contribution >= 4 is 17.5 Å². The standard InChI is InChI=1S/C22H17F2N5/c23-18-7-6-17(12-19(18)24)27-22-28-20(16-4-2-1-3-5-16)13-21(29-22)26-14-15-8-10-25-11-9-15/h1-13H,14H2,(H2,26,27,28,29). The van der Waals surface area contributed by atoms with Gasteiger partial charge in [0.1, 0.15) is 5.82 Å². The molecule has 4 aromatic rings. The summed E-state index contributed by atoms with van der Waals surface area (Å²) in [5.41, 5.74) is 3.02. The summed E-state index contributed by atoms with van der Waals surface area (Å²) in [6.45, 7) is 0.554. The van der Waals surface area contributed by atoms with Crippen molar-refractivity contribution in [3.05, 3.63) is 96.3 Å². The first-order chi connectivity index (χ1) is 14.2. The third-order valence-electron chi connectivity index (χ3n) is 4.19. The third-order valence-corrected chi connectivity index (χ3v) is 4.19. The average molecular weight is 389 g/mol. The molecule has 0 spiro atoms. The number of benzene rings is 2. The number of aromatic nitrogens is 3. The molecule has 0 saturated carbocycles. The fraction of sp³-hybridized carbons (Fsp3) is 0.0455. The van der Waals surface area contributed by atoms with E-state index in [4.69, 9.17) is 0 Å². The van der Waals surface area contributed by atoms with Crippen molar-refractivity contribution in [2.45, 2.75) is 6.54 Å². The average Bonchev–Trinajstić information content (AvgIpc) is 2.76. The van der Waals surface area contributed by atoms with Crippen LogP contribution in [0.5, 0.6) is 0 Å². The maximum atomic E-state index is 13.5. The molecule has 0 aliphatic heterocycles. The van der Waals surface area contributed by atoms with Crippen LogP contribution in [0, 0.1) is 11.6 Å². The molecule has 0 saturated heterocycles. The molecule has 7 heteroatoms. The van der Waals surface area contributed by atoms with E-state index in [0.717, 1.165) is 23.3 Å². The van der Waals surface area contributed by atoms with Crippen LogP contribution < -0.4 is 10.6 Å². The van der Waals surface area contributed by atoms with E-state index >= 15 is 0 Å². The van der Waals surface area contributed by atoms with E-state index in [-0.39, 0.29) is 5.95 Å². The smallest absolute Gasteiger partial charge is 0.229 e. The molecule has 0 atom stereocenters. The molecule has 0 amide bonds. The lowest BCUT2D eigenvalue weighted by Gasteiger charge is -2.12. The van der Waals surface area contributed by atoms with Gasteiger partial charge in [-0.2, -0.15) is 4.98 Å². The quantitative estimate of drug-likeness (QED) is 0.476. The SMILES string of the molecule is Fc1ccc(Nc2nc(NCc3ccncc3)cc(-c3ccccc3)n2)cc1F. The maximum absolute atomic E-state index is 13.5. The number of halogens is 2. The molecule has 29 heavy (non-hydrogen) atoms. The van der Waals surface area contributed by atoms with E-state index in [2.05, 4.69) is 25.6 Å². The lowest BCUT2D eigenvalue weighted by Crippen LogP contribution is -2.06. The second-order valence-electron chi connectivity index (χ2n) is 6.29. The summed E-state index contributed by atoms with van der Waals surface area (Å²) in [4.78, 5) is 13.0. The number of hydrogen-bond acceptors (Lipinski definition) is 5. The van der Waals surface area contributed by atoms with Gasteiger partial charge in [-0.15, -0.1) is 0 Å². The molecule has 2 aromatic heterocycles. The number of pyridine rings is 1. The molecule has 4 rings (SSSR count). The van der Waals surface area contributed by atoms with E-state index in [1.165, 1.54) is 6.07 Å². The molecular weight excluding hydrogens is 372 g/mol. The summed E-state index contributed by atoms with van der Waals surface area (Å²) < 4.78 is 26.7. The molecule has 2 heterocycles. The third kappa shape index (κ3) is 4.70. The van der Waals surface area contributed by atoms with Gasteiger partial charge < -0.3 is 10.6 Å². The summed E-state index contributed by atoms with van der Waals surface area (Å²) in [5, 5.41) is 6.21. The highest BCUT2D eigenvalue weighted by atomic mass is 19.2. The van der Waals surface area contributed by atoms with E-state index < -0.39 is 11.6 Å². The van der Waals surface area contributed by atoms with Gasteiger partial charge >= 0.3 is 0 Å². The maximum Gasteiger partial charge on any atom is 0.229 e. The molecule has 2 aromatic carbocycles. The first-order valence-corrected chi connectivity index (χ1v) is 8.97. The lowest BCUT2D eigenvalue weighted by atomic mass is 10.1. The fourth-order valence-corrected chi connectivity index (χ4v) is 2.75. The van der Waals surface area contributed by atoms with E-state index in [9.17, 15) is 8.78 Å². The van der Waals surface area contributed by atoms with Gasteiger partial charge in [-0.1, -0.05) is 30.3 Å². The Bertz CT molecular complexity index is 1100. The Balaban J connectivity index is 1.64. The molecule has 0 unspecified atom stereocenters. The summed E-state index contributed by atoms with van der Waals surface area (Å²) >= 11 is 0. The van der Waals surface area contributed by atoms with Gasteiger partial charge in [0.05, 0.1) is 5.69 Å². The molecule has 144 valence electrons. The van der Waals surface area contributed by atoms with Crippen LogP contribution in [0.25, 0.3) is 11.3 Å². The van der Waals surface area contributed by atoms with Crippen LogP contribution in [0.3, 0.4) is 0 Å². The van der Waals surface area contributed by atoms with Gasteiger partial charge in [-0.05, 0) is 29.8 Å². The number of nitrogens with zero attached hydrogens (tertiary/aromatic N) is 3. The molecule has 0 aliphatic rings. The van der Waals surface area contributed by atoms with E-state index in [1.807, 2.05) is 48.5 Å². The molecule has 0 aliphatic carbocycles. The minimum Gasteiger partial charge on any atom is -0.366 e. The monoisotopic (exact) mass is 389 g/mol. The van der Waals surface area contributed by atoms with Crippen molar-refractivity contribution in [2.75, 3.05) is 10.6 Å². The predicted octanol–water partition coefficient (Wildman–Crippen LogP) is 5.17. The van der Waals surface area contributed by atoms with Crippen LogP contribution in [0.2, 0.25) is 0 Å². The van der Waals surface area contributed by atoms with Crippen molar-refractivity contribution in [1.82, 2.24) is 15.0 Å². The van der Waals surface area contributed by atoms with Gasteiger partial charge in [0.15, 0.2) is 11.6 Å². The topological polar surface area (TPSA) is 62.7 Å². The summed E-state index contributed by atoms with van der Waals surface area (Å²) in [6.07, 6.45) is 3.45. The second kappa shape index (κ2) is 8.43. The highest BCUT2D eigenvalue weighted by Crippen LogP contribution is 2.24. The van der Waals surface area contributed by atoms with Gasteiger partial charge in [-0.25, -0.2) is 13.8 Å². The number of nitrogens with one attached hydrogen (secondary N) is 2. The van der Waals surface area contributed by atoms with Crippen LogP contribution in [0.4, 0.5) is 26.2 Å². The Morgan fingerprint density at radius 2 is 1.59 bits per heavy atom. The molecule has 5 nitrogen and oxygen atoms in total. The largest absolute Gasteiger partial charge is 0.366 e. The minimum atomic E-state index is -0.940. The Morgan fingerprint density at radius 3 is 2.34 bits per heavy atom. The molecule has 0 fully saturated rings. The van der Waals surface area contributed by atoms with Crippen LogP contribution in [0.1, 0.15) is 5.56 Å². The first kappa shape index (κ1) is 18.5. The zero-order chi connectivity index (χ0) is 20.1. The Morgan fingerprint density at radius 1 is 0.793 bits per heavy atom. The number of hydrogen-bond donors (Lipinski definition) is 2. The van der Waals surface area contributed by atoms with Gasteiger partial charge in [0, 0.05) is 42.3 Å². The predicted molar refractivity (Wildman–Crippen MR) is 109 cm³/mol. The van der Waals surface area contributed by atoms with Crippen LogP contribution in [-0.4, -0.2) is 15.0 Å². The van der Waals surface area contributed by atoms with Gasteiger partial charge in [-0.3, -0.25) is 4.98 Å². The summed E-state index contributed by atoms with van der Waals surface area (Å²) in [7, 11) is 0. The lowest BCUT2D eigenvalue weighted by molar-refractivity contribution is 0.509. The van der Waals surface area contributed by atoms with Crippen molar-refractivity contribution < 1.29 is 8.78 Å². The molecule has 0 bridgehead atoms. The van der Waals surface area contributed by atoms with Crippen LogP contribution in [0.15, 0.2) is 79.1 Å². The molecule has 2 N–H and O–H groups in total. The van der Waals surface area contributed by atoms with Crippen LogP contribution in [-0.2, 0) is 6.54 Å². The zero-order valence-electron chi connectivity index (χ0n) is 15.3. The Labute approximate surface area is 166 Å². The van der Waals surface area contributed by atoms with Crippen LogP contribution >= 0.6 is 0 Å². The van der Waals surface area contributed by atoms with Crippen molar-refractivity contribution in [3.8, 4) is 11.3 Å². The Kier molecular flexibility index (Phi) is 5.38. The van der Waals surface area contributed by atoms with E-state index in [1.54, 1.807) is 12.4 Å².